The Labute approximate surface area is 108 Å². The number of carbonyl (C=O) groups excluding carboxylic acids is 1. The molecule has 0 aliphatic carbocycles. The number of nitrogens with two attached hydrogens (primary N) is 1. The van der Waals surface area contributed by atoms with Gasteiger partial charge in [-0.25, -0.2) is 9.78 Å². The van der Waals surface area contributed by atoms with Crippen LogP contribution in [-0.4, -0.2) is 32.6 Å². The number of anilines is 1. The molecule has 2 aromatic heterocycles. The van der Waals surface area contributed by atoms with Crippen molar-refractivity contribution >= 4 is 23.1 Å². The topological polar surface area (TPSA) is 95.9 Å². The van der Waals surface area contributed by atoms with Crippen molar-refractivity contribution in [2.24, 2.45) is 0 Å². The number of ether oxygens (including phenoxy) is 1. The Morgan fingerprint density at radius 1 is 1.50 bits per heavy atom. The molecular formula is C10H13N5O2S. The van der Waals surface area contributed by atoms with Gasteiger partial charge in [-0.15, -0.1) is 5.10 Å². The molecule has 0 radical (unpaired) electrons. The molecular weight excluding hydrogens is 254 g/mol. The fourth-order valence-electron chi connectivity index (χ4n) is 1.32. The van der Waals surface area contributed by atoms with Crippen LogP contribution >= 0.6 is 11.3 Å². The molecule has 2 N–H and O–H groups in total. The molecule has 96 valence electrons. The van der Waals surface area contributed by atoms with Crippen molar-refractivity contribution in [1.82, 2.24) is 20.0 Å². The zero-order valence-corrected chi connectivity index (χ0v) is 11.1. The monoisotopic (exact) mass is 267 g/mol. The van der Waals surface area contributed by atoms with Gasteiger partial charge in [0.1, 0.15) is 0 Å². The van der Waals surface area contributed by atoms with Crippen LogP contribution < -0.4 is 5.73 Å². The number of thiazole rings is 1. The van der Waals surface area contributed by atoms with Crippen LogP contribution in [0.3, 0.4) is 0 Å². The van der Waals surface area contributed by atoms with E-state index in [1.165, 1.54) is 16.0 Å². The molecule has 0 aliphatic heterocycles. The molecule has 0 atom stereocenters. The van der Waals surface area contributed by atoms with Gasteiger partial charge in [-0.1, -0.05) is 16.6 Å². The summed E-state index contributed by atoms with van der Waals surface area (Å²) >= 11 is 1.44. The molecule has 0 saturated carbocycles. The van der Waals surface area contributed by atoms with Gasteiger partial charge in [-0.2, -0.15) is 4.68 Å². The molecule has 0 amide bonds. The number of esters is 1. The number of carbonyl (C=O) groups is 1. The summed E-state index contributed by atoms with van der Waals surface area (Å²) in [6.45, 7) is 5.83. The number of rotatable bonds is 3. The molecule has 7 nitrogen and oxygen atoms in total. The molecule has 0 spiro atoms. The van der Waals surface area contributed by atoms with Gasteiger partial charge < -0.3 is 10.5 Å². The largest absolute Gasteiger partial charge is 0.461 e. The maximum atomic E-state index is 11.5. The van der Waals surface area contributed by atoms with E-state index in [9.17, 15) is 4.79 Å². The van der Waals surface area contributed by atoms with Gasteiger partial charge in [-0.05, 0) is 20.8 Å². The molecule has 0 aliphatic rings. The highest BCUT2D eigenvalue weighted by Crippen LogP contribution is 2.23. The van der Waals surface area contributed by atoms with Gasteiger partial charge in [0.2, 0.25) is 10.8 Å². The number of hydrogen-bond acceptors (Lipinski definition) is 7. The number of aryl methyl sites for hydroxylation is 2. The van der Waals surface area contributed by atoms with Crippen LogP contribution in [0, 0.1) is 13.8 Å². The van der Waals surface area contributed by atoms with E-state index in [1.807, 2.05) is 13.8 Å². The normalized spacial score (nSPS) is 10.6. The summed E-state index contributed by atoms with van der Waals surface area (Å²) in [5.74, 6) is -0.437. The average molecular weight is 267 g/mol. The summed E-state index contributed by atoms with van der Waals surface area (Å²) in [5, 5.41) is 8.15. The second-order valence-electron chi connectivity index (χ2n) is 3.59. The highest BCUT2D eigenvalue weighted by molar-refractivity contribution is 7.14. The zero-order valence-electron chi connectivity index (χ0n) is 10.3. The van der Waals surface area contributed by atoms with E-state index < -0.39 is 5.97 Å². The van der Waals surface area contributed by atoms with Crippen molar-refractivity contribution in [2.45, 2.75) is 20.8 Å². The minimum absolute atomic E-state index is 0.0161. The third-order valence-corrected chi connectivity index (χ3v) is 3.42. The Bertz CT molecular complexity index is 570. The lowest BCUT2D eigenvalue weighted by atomic mass is 10.4. The fourth-order valence-corrected chi connectivity index (χ4v) is 2.19. The van der Waals surface area contributed by atoms with Crippen molar-refractivity contribution in [3.63, 3.8) is 0 Å². The van der Waals surface area contributed by atoms with Crippen LogP contribution in [0.25, 0.3) is 5.13 Å². The second kappa shape index (κ2) is 4.73. The highest BCUT2D eigenvalue weighted by Gasteiger charge is 2.21. The Balaban J connectivity index is 2.39. The van der Waals surface area contributed by atoms with Gasteiger partial charge in [0.25, 0.3) is 0 Å². The lowest BCUT2D eigenvalue weighted by molar-refractivity contribution is 0.0520. The molecule has 0 aromatic carbocycles. The smallest absolute Gasteiger partial charge is 0.362 e. The maximum absolute atomic E-state index is 11.5. The second-order valence-corrected chi connectivity index (χ2v) is 4.78. The first-order valence-electron chi connectivity index (χ1n) is 5.37. The SMILES string of the molecule is CCOC(=O)c1nnn(-c2nc(C)c(C)s2)c1N. The highest BCUT2D eigenvalue weighted by atomic mass is 32.1. The lowest BCUT2D eigenvalue weighted by Crippen LogP contribution is -2.09. The molecule has 0 saturated heterocycles. The summed E-state index contributed by atoms with van der Waals surface area (Å²) in [6.07, 6.45) is 0. The summed E-state index contributed by atoms with van der Waals surface area (Å²) < 4.78 is 6.18. The van der Waals surface area contributed by atoms with Crippen molar-refractivity contribution in [1.29, 1.82) is 0 Å². The number of aromatic nitrogens is 4. The summed E-state index contributed by atoms with van der Waals surface area (Å²) in [5.41, 5.74) is 6.75. The van der Waals surface area contributed by atoms with E-state index in [-0.39, 0.29) is 18.1 Å². The first-order chi connectivity index (χ1) is 8.54. The zero-order chi connectivity index (χ0) is 13.3. The standard InChI is InChI=1S/C10H13N5O2S/c1-4-17-9(16)7-8(11)15(14-13-7)10-12-5(2)6(3)18-10/h4,11H2,1-3H3. The van der Waals surface area contributed by atoms with Crippen LogP contribution in [0.5, 0.6) is 0 Å². The molecule has 8 heteroatoms. The molecule has 0 bridgehead atoms. The number of hydrogen-bond donors (Lipinski definition) is 1. The van der Waals surface area contributed by atoms with Crippen LogP contribution in [0.15, 0.2) is 0 Å². The number of nitrogens with zero attached hydrogens (tertiary/aromatic N) is 4. The lowest BCUT2D eigenvalue weighted by Gasteiger charge is -1.99. The van der Waals surface area contributed by atoms with E-state index in [2.05, 4.69) is 15.3 Å². The molecule has 2 heterocycles. The van der Waals surface area contributed by atoms with Crippen molar-refractivity contribution in [3.05, 3.63) is 16.3 Å². The Kier molecular flexibility index (Phi) is 3.28. The van der Waals surface area contributed by atoms with Crippen LogP contribution in [0.2, 0.25) is 0 Å². The first kappa shape index (κ1) is 12.5. The molecule has 2 aromatic rings. The minimum atomic E-state index is -0.578. The van der Waals surface area contributed by atoms with Gasteiger partial charge in [0.05, 0.1) is 12.3 Å². The first-order valence-corrected chi connectivity index (χ1v) is 6.19. The van der Waals surface area contributed by atoms with Crippen LogP contribution in [-0.2, 0) is 4.74 Å². The quantitative estimate of drug-likeness (QED) is 0.836. The van der Waals surface area contributed by atoms with Gasteiger partial charge in [0.15, 0.2) is 5.82 Å². The third kappa shape index (κ3) is 2.06. The van der Waals surface area contributed by atoms with Gasteiger partial charge >= 0.3 is 5.97 Å². The van der Waals surface area contributed by atoms with Crippen LogP contribution in [0.4, 0.5) is 5.82 Å². The number of nitrogen functional groups attached to an aromatic ring is 1. The summed E-state index contributed by atoms with van der Waals surface area (Å²) in [4.78, 5) is 16.9. The maximum Gasteiger partial charge on any atom is 0.362 e. The Hall–Kier alpha value is -1.96. The molecule has 0 unspecified atom stereocenters. The molecule has 2 rings (SSSR count). The fraction of sp³-hybridized carbons (Fsp3) is 0.400. The Morgan fingerprint density at radius 2 is 2.22 bits per heavy atom. The van der Waals surface area contributed by atoms with E-state index in [1.54, 1.807) is 6.92 Å². The van der Waals surface area contributed by atoms with Crippen molar-refractivity contribution < 1.29 is 9.53 Å². The van der Waals surface area contributed by atoms with E-state index in [4.69, 9.17) is 10.5 Å². The van der Waals surface area contributed by atoms with Crippen LogP contribution in [0.1, 0.15) is 28.0 Å². The van der Waals surface area contributed by atoms with Gasteiger partial charge in [-0.3, -0.25) is 0 Å². The van der Waals surface area contributed by atoms with Gasteiger partial charge in [0, 0.05) is 4.88 Å². The van der Waals surface area contributed by atoms with Crippen molar-refractivity contribution in [3.8, 4) is 5.13 Å². The average Bonchev–Trinajstić information content (AvgIpc) is 2.84. The predicted molar refractivity (Wildman–Crippen MR) is 66.9 cm³/mol. The minimum Gasteiger partial charge on any atom is -0.461 e. The van der Waals surface area contributed by atoms with E-state index >= 15 is 0 Å². The Morgan fingerprint density at radius 3 is 2.78 bits per heavy atom. The van der Waals surface area contributed by atoms with E-state index in [0.29, 0.717) is 5.13 Å². The summed E-state index contributed by atoms with van der Waals surface area (Å²) in [6, 6.07) is 0. The van der Waals surface area contributed by atoms with E-state index in [0.717, 1.165) is 10.6 Å². The third-order valence-electron chi connectivity index (χ3n) is 2.37. The summed E-state index contributed by atoms with van der Waals surface area (Å²) in [7, 11) is 0. The molecule has 0 fully saturated rings. The van der Waals surface area contributed by atoms with Crippen molar-refractivity contribution in [2.75, 3.05) is 12.3 Å². The molecule has 18 heavy (non-hydrogen) atoms. The predicted octanol–water partition coefficient (Wildman–Crippen LogP) is 1.10.